The van der Waals surface area contributed by atoms with Crippen LogP contribution in [0.5, 0.6) is 5.75 Å². The molecule has 0 amide bonds. The summed E-state index contributed by atoms with van der Waals surface area (Å²) in [6.45, 7) is 1.99. The maximum atomic E-state index is 5.41. The van der Waals surface area contributed by atoms with Crippen LogP contribution in [0.2, 0.25) is 0 Å². The van der Waals surface area contributed by atoms with Gasteiger partial charge >= 0.3 is 0 Å². The van der Waals surface area contributed by atoms with Crippen molar-refractivity contribution in [2.24, 2.45) is 0 Å². The lowest BCUT2D eigenvalue weighted by Gasteiger charge is -2.02. The molecule has 0 unspecified atom stereocenters. The molecule has 5 heteroatoms. The van der Waals surface area contributed by atoms with E-state index in [9.17, 15) is 0 Å². The Morgan fingerprint density at radius 3 is 3.00 bits per heavy atom. The molecule has 0 radical (unpaired) electrons. The number of hydrogen-bond donors (Lipinski definition) is 1. The second kappa shape index (κ2) is 5.34. The summed E-state index contributed by atoms with van der Waals surface area (Å²) in [7, 11) is 1.71. The zero-order valence-corrected chi connectivity index (χ0v) is 12.9. The van der Waals surface area contributed by atoms with Crippen LogP contribution in [0.15, 0.2) is 30.3 Å². The van der Waals surface area contributed by atoms with Crippen LogP contribution < -0.4 is 4.74 Å². The van der Waals surface area contributed by atoms with Gasteiger partial charge in [0, 0.05) is 11.3 Å². The summed E-state index contributed by atoms with van der Waals surface area (Å²) in [5.41, 5.74) is 2.15. The highest BCUT2D eigenvalue weighted by Crippen LogP contribution is 2.34. The van der Waals surface area contributed by atoms with Crippen LogP contribution in [0.3, 0.4) is 0 Å². The normalized spacial score (nSPS) is 10.9. The number of methoxy groups -OCH3 is 1. The first kappa shape index (κ1) is 13.3. The average Bonchev–Trinajstić information content (AvgIpc) is 2.85. The number of aromatic nitrogens is 2. The van der Waals surface area contributed by atoms with Gasteiger partial charge in [-0.25, -0.2) is 0 Å². The fraction of sp³-hybridized carbons (Fsp3) is 0.200. The number of benzene rings is 1. The first-order chi connectivity index (χ1) is 9.67. The number of rotatable bonds is 3. The van der Waals surface area contributed by atoms with Crippen molar-refractivity contribution in [3.8, 4) is 5.75 Å². The van der Waals surface area contributed by atoms with E-state index in [-0.39, 0.29) is 0 Å². The fourth-order valence-corrected chi connectivity index (χ4v) is 3.57. The van der Waals surface area contributed by atoms with Crippen molar-refractivity contribution in [2.45, 2.75) is 13.3 Å². The van der Waals surface area contributed by atoms with Crippen molar-refractivity contribution in [3.05, 3.63) is 51.1 Å². The molecule has 0 fully saturated rings. The smallest absolute Gasteiger partial charge is 0.136 e. The number of nitrogens with one attached hydrogen (secondary N) is 1. The van der Waals surface area contributed by atoms with E-state index in [0.29, 0.717) is 4.64 Å². The highest BCUT2D eigenvalue weighted by Gasteiger charge is 2.08. The Labute approximate surface area is 126 Å². The molecule has 0 aliphatic carbocycles. The monoisotopic (exact) mass is 302 g/mol. The maximum Gasteiger partial charge on any atom is 0.136 e. The van der Waals surface area contributed by atoms with E-state index in [1.807, 2.05) is 25.1 Å². The molecule has 1 N–H and O–H groups in total. The molecule has 3 nitrogen and oxygen atoms in total. The largest absolute Gasteiger partial charge is 0.495 e. The van der Waals surface area contributed by atoms with Crippen LogP contribution in [0.25, 0.3) is 10.1 Å². The fourth-order valence-electron chi connectivity index (χ4n) is 2.21. The molecular formula is C15H14N2OS2. The minimum Gasteiger partial charge on any atom is -0.495 e. The van der Waals surface area contributed by atoms with Gasteiger partial charge < -0.3 is 4.74 Å². The summed E-state index contributed by atoms with van der Waals surface area (Å²) in [6.07, 6.45) is 0.847. The zero-order valence-electron chi connectivity index (χ0n) is 11.3. The van der Waals surface area contributed by atoms with E-state index in [1.165, 1.54) is 20.5 Å². The first-order valence-electron chi connectivity index (χ1n) is 6.28. The van der Waals surface area contributed by atoms with Crippen molar-refractivity contribution in [3.63, 3.8) is 0 Å². The Hall–Kier alpha value is -1.72. The quantitative estimate of drug-likeness (QED) is 0.735. The molecule has 20 heavy (non-hydrogen) atoms. The lowest BCUT2D eigenvalue weighted by molar-refractivity contribution is 0.420. The molecule has 0 bridgehead atoms. The summed E-state index contributed by atoms with van der Waals surface area (Å²) in [5, 5.41) is 8.25. The maximum absolute atomic E-state index is 5.41. The van der Waals surface area contributed by atoms with Gasteiger partial charge in [0.1, 0.15) is 10.4 Å². The second-order valence-electron chi connectivity index (χ2n) is 4.61. The molecule has 3 aromatic rings. The summed E-state index contributed by atoms with van der Waals surface area (Å²) < 4.78 is 7.27. The number of aryl methyl sites for hydroxylation is 1. The van der Waals surface area contributed by atoms with Gasteiger partial charge in [-0.05, 0) is 36.1 Å². The van der Waals surface area contributed by atoms with Crippen LogP contribution in [-0.2, 0) is 6.42 Å². The minimum atomic E-state index is 0.671. The van der Waals surface area contributed by atoms with E-state index in [0.717, 1.165) is 17.9 Å². The number of nitrogens with zero attached hydrogens (tertiary/aromatic N) is 1. The Balaban J connectivity index is 2.03. The van der Waals surface area contributed by atoms with Gasteiger partial charge in [-0.3, -0.25) is 5.10 Å². The summed E-state index contributed by atoms with van der Waals surface area (Å²) >= 11 is 6.91. The number of hydrogen-bond acceptors (Lipinski definition) is 4. The topological polar surface area (TPSA) is 37.9 Å². The standard InChI is InChI=1S/C15H14N2OS2/c1-9-11(8-14(19)17-16-9)7-12-6-10-4-3-5-13(18-2)15(10)20-12/h3-6,8H,7H2,1-2H3,(H,17,19). The highest BCUT2D eigenvalue weighted by atomic mass is 32.1. The molecule has 2 aromatic heterocycles. The molecule has 0 saturated heterocycles. The molecule has 1 aromatic carbocycles. The first-order valence-corrected chi connectivity index (χ1v) is 7.50. The van der Waals surface area contributed by atoms with Crippen molar-refractivity contribution < 1.29 is 4.74 Å². The Bertz CT molecular complexity index is 820. The van der Waals surface area contributed by atoms with Crippen molar-refractivity contribution in [1.29, 1.82) is 0 Å². The van der Waals surface area contributed by atoms with E-state index in [4.69, 9.17) is 17.0 Å². The van der Waals surface area contributed by atoms with Gasteiger partial charge in [-0.1, -0.05) is 24.4 Å². The molecule has 0 atom stereocenters. The molecule has 3 rings (SSSR count). The predicted molar refractivity (Wildman–Crippen MR) is 85.3 cm³/mol. The van der Waals surface area contributed by atoms with E-state index in [1.54, 1.807) is 18.4 Å². The van der Waals surface area contributed by atoms with Crippen LogP contribution in [0.4, 0.5) is 0 Å². The van der Waals surface area contributed by atoms with E-state index >= 15 is 0 Å². The minimum absolute atomic E-state index is 0.671. The Morgan fingerprint density at radius 2 is 2.20 bits per heavy atom. The predicted octanol–water partition coefficient (Wildman–Crippen LogP) is 4.26. The van der Waals surface area contributed by atoms with Crippen molar-refractivity contribution in [2.75, 3.05) is 7.11 Å². The van der Waals surface area contributed by atoms with Gasteiger partial charge in [0.15, 0.2) is 0 Å². The lowest BCUT2D eigenvalue weighted by atomic mass is 10.1. The number of ether oxygens (including phenoxy) is 1. The Kier molecular flexibility index (Phi) is 3.54. The third-order valence-corrected chi connectivity index (χ3v) is 4.62. The lowest BCUT2D eigenvalue weighted by Crippen LogP contribution is -1.95. The Morgan fingerprint density at radius 1 is 1.35 bits per heavy atom. The van der Waals surface area contributed by atoms with Crippen LogP contribution in [-0.4, -0.2) is 17.3 Å². The number of aromatic amines is 1. The van der Waals surface area contributed by atoms with Gasteiger partial charge in [-0.15, -0.1) is 11.3 Å². The third-order valence-electron chi connectivity index (χ3n) is 3.25. The molecule has 2 heterocycles. The highest BCUT2D eigenvalue weighted by molar-refractivity contribution is 7.71. The number of H-pyrrole nitrogens is 1. The van der Waals surface area contributed by atoms with Crippen LogP contribution >= 0.6 is 23.6 Å². The van der Waals surface area contributed by atoms with E-state index in [2.05, 4.69) is 22.3 Å². The van der Waals surface area contributed by atoms with Gasteiger partial charge in [0.2, 0.25) is 0 Å². The molecule has 0 spiro atoms. The van der Waals surface area contributed by atoms with Crippen molar-refractivity contribution >= 4 is 33.6 Å². The molecule has 0 aliphatic heterocycles. The van der Waals surface area contributed by atoms with Crippen LogP contribution in [0.1, 0.15) is 16.1 Å². The zero-order chi connectivity index (χ0) is 14.1. The SMILES string of the molecule is COc1cccc2cc(Cc3cc(=S)[nH]nc3C)sc12. The molecular weight excluding hydrogens is 288 g/mol. The van der Waals surface area contributed by atoms with Crippen molar-refractivity contribution in [1.82, 2.24) is 10.2 Å². The molecule has 102 valence electrons. The van der Waals surface area contributed by atoms with E-state index < -0.39 is 0 Å². The number of fused-ring (bicyclic) bond motifs is 1. The molecule has 0 aliphatic rings. The van der Waals surface area contributed by atoms with Gasteiger partial charge in [0.25, 0.3) is 0 Å². The molecule has 0 saturated carbocycles. The second-order valence-corrected chi connectivity index (χ2v) is 6.19. The van der Waals surface area contributed by atoms with Gasteiger partial charge in [-0.2, -0.15) is 5.10 Å². The van der Waals surface area contributed by atoms with Crippen LogP contribution in [0, 0.1) is 11.6 Å². The third kappa shape index (κ3) is 2.46. The van der Waals surface area contributed by atoms with Gasteiger partial charge in [0.05, 0.1) is 17.5 Å². The number of thiophene rings is 1. The summed E-state index contributed by atoms with van der Waals surface area (Å²) in [6, 6.07) is 10.3. The summed E-state index contributed by atoms with van der Waals surface area (Å²) in [5.74, 6) is 0.930. The summed E-state index contributed by atoms with van der Waals surface area (Å²) in [4.78, 5) is 1.29. The average molecular weight is 302 g/mol.